The Morgan fingerprint density at radius 3 is 2.32 bits per heavy atom. The third-order valence-corrected chi connectivity index (χ3v) is 8.08. The van der Waals surface area contributed by atoms with Gasteiger partial charge in [0.2, 0.25) is 11.6 Å². The zero-order valence-electron chi connectivity index (χ0n) is 21.3. The molecular weight excluding hydrogens is 424 g/mol. The monoisotopic (exact) mass is 460 g/mol. The Balaban J connectivity index is 1.67. The number of aryl methyl sites for hydroxylation is 1. The Kier molecular flexibility index (Phi) is 5.66. The first-order valence-electron chi connectivity index (χ1n) is 12.8. The van der Waals surface area contributed by atoms with Crippen LogP contribution >= 0.6 is 0 Å². The molecule has 0 N–H and O–H groups in total. The second-order valence-corrected chi connectivity index (χ2v) is 11.1. The van der Waals surface area contributed by atoms with Gasteiger partial charge in [-0.1, -0.05) is 52.0 Å². The minimum atomic E-state index is -2.49. The average molecular weight is 461 g/mol. The molecule has 0 aliphatic heterocycles. The van der Waals surface area contributed by atoms with Crippen molar-refractivity contribution in [3.05, 3.63) is 75.6 Å². The number of hydrogen-bond donors (Lipinski definition) is 0. The van der Waals surface area contributed by atoms with E-state index < -0.39 is 5.92 Å². The third-order valence-electron chi connectivity index (χ3n) is 8.08. The lowest BCUT2D eigenvalue weighted by Gasteiger charge is -2.28. The topological polar surface area (TPSA) is 3.88 Å². The van der Waals surface area contributed by atoms with E-state index in [1.54, 1.807) is 0 Å². The standard InChI is InChI=1S/C31H36F2N/c1-18(2)23-15-26(19(3)4)20(5)27(16-23)28-17-25-14-24(21-7-10-31(32,33)11-8-21)13-22-9-12-34(6)30(28)29(22)25/h9,12-19,21H,7-8,10-11H2,1-6H3/q+1. The Bertz CT molecular complexity index is 1300. The fourth-order valence-electron chi connectivity index (χ4n) is 6.01. The number of aromatic nitrogens is 1. The fraction of sp³-hybridized carbons (Fsp3) is 0.452. The van der Waals surface area contributed by atoms with E-state index in [0.717, 1.165) is 0 Å². The maximum absolute atomic E-state index is 13.8. The fourth-order valence-corrected chi connectivity index (χ4v) is 6.01. The maximum Gasteiger partial charge on any atom is 0.248 e. The highest BCUT2D eigenvalue weighted by Gasteiger charge is 2.36. The van der Waals surface area contributed by atoms with E-state index in [4.69, 9.17) is 0 Å². The number of hydrogen-bond acceptors (Lipinski definition) is 0. The summed E-state index contributed by atoms with van der Waals surface area (Å²) in [5.74, 6) is -1.36. The molecule has 1 heterocycles. The van der Waals surface area contributed by atoms with Crippen molar-refractivity contribution in [3.8, 4) is 0 Å². The van der Waals surface area contributed by atoms with Crippen molar-refractivity contribution < 1.29 is 13.3 Å². The molecule has 0 spiro atoms. The molecule has 0 bridgehead atoms. The number of benzene rings is 2. The van der Waals surface area contributed by atoms with Crippen LogP contribution in [-0.2, 0) is 7.05 Å². The third kappa shape index (κ3) is 3.87. The van der Waals surface area contributed by atoms with Crippen molar-refractivity contribution >= 4 is 22.4 Å². The largest absolute Gasteiger partial charge is 0.248 e. The summed E-state index contributed by atoms with van der Waals surface area (Å²) in [4.78, 5) is 0. The van der Waals surface area contributed by atoms with Crippen LogP contribution in [-0.4, -0.2) is 5.92 Å². The molecule has 1 aromatic heterocycles. The zero-order valence-corrected chi connectivity index (χ0v) is 21.3. The van der Waals surface area contributed by atoms with Crippen LogP contribution in [0, 0.1) is 6.92 Å². The molecule has 0 atom stereocenters. The van der Waals surface area contributed by atoms with Gasteiger partial charge < -0.3 is 0 Å². The lowest BCUT2D eigenvalue weighted by molar-refractivity contribution is -0.672. The molecule has 0 unspecified atom stereocenters. The molecule has 0 saturated heterocycles. The summed E-state index contributed by atoms with van der Waals surface area (Å²) < 4.78 is 29.8. The van der Waals surface area contributed by atoms with Crippen LogP contribution in [0.3, 0.4) is 0 Å². The average Bonchev–Trinajstić information content (AvgIpc) is 3.16. The number of halogens is 2. The first kappa shape index (κ1) is 23.2. The van der Waals surface area contributed by atoms with E-state index in [9.17, 15) is 8.78 Å². The summed E-state index contributed by atoms with van der Waals surface area (Å²) in [6.45, 7) is 11.3. The van der Waals surface area contributed by atoms with Crippen molar-refractivity contribution in [2.75, 3.05) is 0 Å². The first-order chi connectivity index (χ1) is 16.1. The number of rotatable bonds is 4. The Labute approximate surface area is 202 Å². The second-order valence-electron chi connectivity index (χ2n) is 11.1. The smallest absolute Gasteiger partial charge is 0.207 e. The minimum Gasteiger partial charge on any atom is -0.207 e. The van der Waals surface area contributed by atoms with E-state index in [1.807, 2.05) is 0 Å². The van der Waals surface area contributed by atoms with E-state index >= 15 is 0 Å². The molecule has 1 saturated carbocycles. The molecular formula is C31H36F2N+. The van der Waals surface area contributed by atoms with Gasteiger partial charge in [0.05, 0.1) is 11.0 Å². The number of pyridine rings is 1. The normalized spacial score (nSPS) is 17.8. The Morgan fingerprint density at radius 1 is 0.971 bits per heavy atom. The van der Waals surface area contributed by atoms with Gasteiger partial charge in [-0.15, -0.1) is 0 Å². The van der Waals surface area contributed by atoms with Crippen molar-refractivity contribution in [1.82, 2.24) is 0 Å². The molecule has 1 nitrogen and oxygen atoms in total. The van der Waals surface area contributed by atoms with E-state index in [-0.39, 0.29) is 18.8 Å². The summed E-state index contributed by atoms with van der Waals surface area (Å²) in [5, 5.41) is 2.50. The van der Waals surface area contributed by atoms with Gasteiger partial charge in [0.25, 0.3) is 0 Å². The molecule has 178 valence electrons. The molecule has 2 aliphatic rings. The second kappa shape index (κ2) is 8.29. The zero-order chi connectivity index (χ0) is 24.4. The van der Waals surface area contributed by atoms with Gasteiger partial charge in [0.1, 0.15) is 7.05 Å². The molecule has 3 aromatic rings. The van der Waals surface area contributed by atoms with Crippen LogP contribution in [0.5, 0.6) is 0 Å². The van der Waals surface area contributed by atoms with Gasteiger partial charge in [0.15, 0.2) is 6.20 Å². The summed E-state index contributed by atoms with van der Waals surface area (Å²) in [5.41, 5.74) is 10.4. The van der Waals surface area contributed by atoms with Crippen molar-refractivity contribution in [2.24, 2.45) is 7.05 Å². The SMILES string of the molecule is Cc1c(C2=Cc3cc(C4CCC(F)(F)CC4)cc4cc[n+](C)c2c34)cc(C(C)C)cc1C(C)C. The van der Waals surface area contributed by atoms with Crippen molar-refractivity contribution in [1.29, 1.82) is 0 Å². The quantitative estimate of drug-likeness (QED) is 0.269. The predicted molar refractivity (Wildman–Crippen MR) is 138 cm³/mol. The van der Waals surface area contributed by atoms with Gasteiger partial charge in [0, 0.05) is 18.9 Å². The molecule has 3 heteroatoms. The van der Waals surface area contributed by atoms with E-state index in [0.29, 0.717) is 24.7 Å². The van der Waals surface area contributed by atoms with Crippen LogP contribution in [0.1, 0.15) is 110 Å². The molecule has 34 heavy (non-hydrogen) atoms. The summed E-state index contributed by atoms with van der Waals surface area (Å²) in [7, 11) is 2.12. The molecule has 1 fully saturated rings. The van der Waals surface area contributed by atoms with Gasteiger partial charge in [-0.2, -0.15) is 0 Å². The summed E-state index contributed by atoms with van der Waals surface area (Å²) in [6, 6.07) is 11.5. The lowest BCUT2D eigenvalue weighted by atomic mass is 9.81. The molecule has 5 rings (SSSR count). The highest BCUT2D eigenvalue weighted by Crippen LogP contribution is 2.45. The van der Waals surface area contributed by atoms with Gasteiger partial charge in [-0.05, 0) is 82.4 Å². The minimum absolute atomic E-state index is 0.000292. The molecule has 2 aliphatic carbocycles. The van der Waals surface area contributed by atoms with Crippen molar-refractivity contribution in [2.45, 2.75) is 84.0 Å². The Hall–Kier alpha value is -2.55. The van der Waals surface area contributed by atoms with Gasteiger partial charge in [-0.25, -0.2) is 13.3 Å². The first-order valence-corrected chi connectivity index (χ1v) is 12.8. The number of nitrogens with zero attached hydrogens (tertiary/aromatic N) is 1. The summed E-state index contributed by atoms with van der Waals surface area (Å²) in [6.07, 6.45) is 5.62. The molecule has 0 amide bonds. The molecule has 2 aromatic carbocycles. The van der Waals surface area contributed by atoms with Gasteiger partial charge >= 0.3 is 0 Å². The molecule has 0 radical (unpaired) electrons. The van der Waals surface area contributed by atoms with E-state index in [2.05, 4.69) is 88.8 Å². The van der Waals surface area contributed by atoms with E-state index in [1.165, 1.54) is 55.4 Å². The van der Waals surface area contributed by atoms with Gasteiger partial charge in [-0.3, -0.25) is 0 Å². The number of alkyl halides is 2. The van der Waals surface area contributed by atoms with Crippen LogP contribution < -0.4 is 4.57 Å². The predicted octanol–water partition coefficient (Wildman–Crippen LogP) is 8.41. The van der Waals surface area contributed by atoms with Crippen LogP contribution in [0.4, 0.5) is 8.78 Å². The van der Waals surface area contributed by atoms with Crippen LogP contribution in [0.25, 0.3) is 22.4 Å². The lowest BCUT2D eigenvalue weighted by Crippen LogP contribution is -2.32. The van der Waals surface area contributed by atoms with Crippen LogP contribution in [0.2, 0.25) is 0 Å². The van der Waals surface area contributed by atoms with Crippen molar-refractivity contribution in [3.63, 3.8) is 0 Å². The Morgan fingerprint density at radius 2 is 1.68 bits per heavy atom. The summed E-state index contributed by atoms with van der Waals surface area (Å²) >= 11 is 0. The highest BCUT2D eigenvalue weighted by molar-refractivity contribution is 6.11. The highest BCUT2D eigenvalue weighted by atomic mass is 19.3. The van der Waals surface area contributed by atoms with Crippen LogP contribution in [0.15, 0.2) is 36.5 Å². The maximum atomic E-state index is 13.8.